The predicted octanol–water partition coefficient (Wildman–Crippen LogP) is 5.45. The van der Waals surface area contributed by atoms with Crippen LogP contribution < -0.4 is 4.74 Å². The summed E-state index contributed by atoms with van der Waals surface area (Å²) in [5, 5.41) is 2.05. The summed E-state index contributed by atoms with van der Waals surface area (Å²) >= 11 is 6.23. The van der Waals surface area contributed by atoms with Gasteiger partial charge in [0.05, 0.1) is 5.69 Å². The number of aryl methyl sites for hydroxylation is 1. The summed E-state index contributed by atoms with van der Waals surface area (Å²) in [6.07, 6.45) is 6.07. The first-order valence-electron chi connectivity index (χ1n) is 10.1. The van der Waals surface area contributed by atoms with Gasteiger partial charge < -0.3 is 9.72 Å². The molecule has 0 amide bonds. The first-order chi connectivity index (χ1) is 13.3. The zero-order valence-corrected chi connectivity index (χ0v) is 16.3. The van der Waals surface area contributed by atoms with Crippen molar-refractivity contribution in [3.63, 3.8) is 0 Å². The molecule has 1 N–H and O–H groups in total. The lowest BCUT2D eigenvalue weighted by Gasteiger charge is -2.26. The van der Waals surface area contributed by atoms with Crippen LogP contribution in [-0.2, 0) is 12.8 Å². The summed E-state index contributed by atoms with van der Waals surface area (Å²) in [6, 6.07) is 12.6. The van der Waals surface area contributed by atoms with Crippen molar-refractivity contribution in [3.05, 3.63) is 52.5 Å². The number of fused-ring (bicyclic) bond motifs is 5. The van der Waals surface area contributed by atoms with Gasteiger partial charge in [-0.05, 0) is 68.6 Å². The Morgan fingerprint density at radius 3 is 2.74 bits per heavy atom. The molecule has 4 heteroatoms. The normalized spacial score (nSPS) is 16.9. The monoisotopic (exact) mass is 380 g/mol. The summed E-state index contributed by atoms with van der Waals surface area (Å²) in [6.45, 7) is 4.24. The van der Waals surface area contributed by atoms with Crippen molar-refractivity contribution in [3.8, 4) is 17.0 Å². The maximum atomic E-state index is 6.24. The second-order valence-corrected chi connectivity index (χ2v) is 8.14. The molecule has 0 spiro atoms. The number of halogens is 1. The van der Waals surface area contributed by atoms with Gasteiger partial charge in [-0.3, -0.25) is 4.90 Å². The van der Waals surface area contributed by atoms with Crippen LogP contribution in [0.25, 0.3) is 22.2 Å². The van der Waals surface area contributed by atoms with Crippen LogP contribution in [0.5, 0.6) is 5.75 Å². The number of rotatable bonds is 4. The van der Waals surface area contributed by atoms with Crippen LogP contribution in [-0.4, -0.2) is 36.1 Å². The van der Waals surface area contributed by atoms with Crippen molar-refractivity contribution in [2.24, 2.45) is 0 Å². The van der Waals surface area contributed by atoms with Gasteiger partial charge in [-0.15, -0.1) is 0 Å². The minimum absolute atomic E-state index is 0.769. The molecule has 0 bridgehead atoms. The lowest BCUT2D eigenvalue weighted by Crippen LogP contribution is -2.33. The third kappa shape index (κ3) is 3.24. The molecule has 1 aromatic heterocycles. The maximum absolute atomic E-state index is 6.24. The van der Waals surface area contributed by atoms with E-state index in [9.17, 15) is 0 Å². The Bertz CT molecular complexity index is 972. The Morgan fingerprint density at radius 2 is 1.85 bits per heavy atom. The molecule has 0 radical (unpaired) electrons. The number of H-pyrrole nitrogens is 1. The lowest BCUT2D eigenvalue weighted by atomic mass is 9.88. The number of nitrogens with zero attached hydrogens (tertiary/aromatic N) is 1. The first-order valence-corrected chi connectivity index (χ1v) is 10.4. The number of nitrogens with one attached hydrogen (secondary N) is 1. The molecule has 1 aliphatic carbocycles. The van der Waals surface area contributed by atoms with Crippen LogP contribution in [0.15, 0.2) is 36.4 Å². The summed E-state index contributed by atoms with van der Waals surface area (Å²) < 4.78 is 6.24. The first kappa shape index (κ1) is 17.2. The minimum atomic E-state index is 0.769. The van der Waals surface area contributed by atoms with Gasteiger partial charge in [-0.1, -0.05) is 30.2 Å². The largest absolute Gasteiger partial charge is 0.492 e. The van der Waals surface area contributed by atoms with E-state index in [1.54, 1.807) is 0 Å². The van der Waals surface area contributed by atoms with E-state index in [-0.39, 0.29) is 0 Å². The molecule has 0 saturated carbocycles. The number of benzene rings is 2. The number of aromatic nitrogens is 1. The quantitative estimate of drug-likeness (QED) is 0.651. The molecule has 140 valence electrons. The fraction of sp³-hybridized carbons (Fsp3) is 0.391. The predicted molar refractivity (Wildman–Crippen MR) is 112 cm³/mol. The molecule has 3 nitrogen and oxygen atoms in total. The van der Waals surface area contributed by atoms with E-state index in [4.69, 9.17) is 16.3 Å². The summed E-state index contributed by atoms with van der Waals surface area (Å²) in [5.74, 6) is 1.05. The number of ether oxygens (including phenoxy) is 1. The highest BCUT2D eigenvalue weighted by atomic mass is 35.5. The molecular weight excluding hydrogens is 356 g/mol. The highest BCUT2D eigenvalue weighted by Crippen LogP contribution is 2.41. The van der Waals surface area contributed by atoms with Gasteiger partial charge >= 0.3 is 0 Å². The van der Waals surface area contributed by atoms with Gasteiger partial charge in [0.2, 0.25) is 0 Å². The van der Waals surface area contributed by atoms with E-state index >= 15 is 0 Å². The van der Waals surface area contributed by atoms with Gasteiger partial charge in [0, 0.05) is 33.6 Å². The van der Waals surface area contributed by atoms with E-state index in [1.165, 1.54) is 60.1 Å². The smallest absolute Gasteiger partial charge is 0.123 e. The van der Waals surface area contributed by atoms with Crippen molar-refractivity contribution in [1.29, 1.82) is 0 Å². The molecule has 2 heterocycles. The molecular formula is C23H25ClN2O. The summed E-state index contributed by atoms with van der Waals surface area (Å²) in [5.41, 5.74) is 6.38. The third-order valence-corrected chi connectivity index (χ3v) is 6.24. The second-order valence-electron chi connectivity index (χ2n) is 7.70. The van der Waals surface area contributed by atoms with Crippen molar-refractivity contribution >= 4 is 22.5 Å². The van der Waals surface area contributed by atoms with Crippen LogP contribution >= 0.6 is 11.6 Å². The molecule has 2 aromatic carbocycles. The van der Waals surface area contributed by atoms with E-state index in [0.717, 1.165) is 42.3 Å². The number of piperidine rings is 1. The molecule has 1 saturated heterocycles. The molecule has 1 fully saturated rings. The van der Waals surface area contributed by atoms with Crippen LogP contribution in [0.2, 0.25) is 5.02 Å². The van der Waals surface area contributed by atoms with Gasteiger partial charge in [-0.25, -0.2) is 0 Å². The van der Waals surface area contributed by atoms with Crippen LogP contribution in [0.1, 0.15) is 30.4 Å². The average Bonchev–Trinajstić information content (AvgIpc) is 3.07. The molecule has 1 aliphatic heterocycles. The van der Waals surface area contributed by atoms with Crippen LogP contribution in [0.4, 0.5) is 0 Å². The third-order valence-electron chi connectivity index (χ3n) is 6.01. The zero-order valence-electron chi connectivity index (χ0n) is 15.6. The zero-order chi connectivity index (χ0) is 18.2. The van der Waals surface area contributed by atoms with Crippen LogP contribution in [0, 0.1) is 0 Å². The number of likely N-dealkylation sites (tertiary alicyclic amines) is 1. The van der Waals surface area contributed by atoms with Gasteiger partial charge in [0.25, 0.3) is 0 Å². The van der Waals surface area contributed by atoms with Gasteiger partial charge in [-0.2, -0.15) is 0 Å². The molecule has 3 aromatic rings. The van der Waals surface area contributed by atoms with Gasteiger partial charge in [0.15, 0.2) is 0 Å². The minimum Gasteiger partial charge on any atom is -0.492 e. The fourth-order valence-electron chi connectivity index (χ4n) is 4.62. The van der Waals surface area contributed by atoms with Crippen molar-refractivity contribution in [2.45, 2.75) is 32.1 Å². The molecule has 0 atom stereocenters. The maximum Gasteiger partial charge on any atom is 0.123 e. The Kier molecular flexibility index (Phi) is 4.58. The lowest BCUT2D eigenvalue weighted by molar-refractivity contribution is 0.183. The Balaban J connectivity index is 1.41. The summed E-state index contributed by atoms with van der Waals surface area (Å²) in [7, 11) is 0. The van der Waals surface area contributed by atoms with E-state index in [1.807, 2.05) is 6.07 Å². The molecule has 0 unspecified atom stereocenters. The van der Waals surface area contributed by atoms with Crippen molar-refractivity contribution in [1.82, 2.24) is 9.88 Å². The van der Waals surface area contributed by atoms with Crippen molar-refractivity contribution in [2.75, 3.05) is 26.2 Å². The standard InChI is InChI=1S/C23H25ClN2O/c24-16-7-10-21-20(15-16)19-9-8-17-18(23(19)25-21)5-4-6-22(17)27-14-13-26-11-2-1-3-12-26/h4-7,10,15,25H,1-3,8-9,11-14H2. The molecule has 5 rings (SSSR count). The molecule has 27 heavy (non-hydrogen) atoms. The molecule has 2 aliphatic rings. The highest BCUT2D eigenvalue weighted by molar-refractivity contribution is 6.31. The second kappa shape index (κ2) is 7.21. The number of hydrogen-bond donors (Lipinski definition) is 1. The topological polar surface area (TPSA) is 28.3 Å². The van der Waals surface area contributed by atoms with Crippen molar-refractivity contribution < 1.29 is 4.74 Å². The fourth-order valence-corrected chi connectivity index (χ4v) is 4.79. The Morgan fingerprint density at radius 1 is 1.00 bits per heavy atom. The SMILES string of the molecule is Clc1ccc2[nH]c3c(c2c1)CCc1c(OCCN2CCCCC2)cccc1-3. The Labute approximate surface area is 165 Å². The average molecular weight is 381 g/mol. The Hall–Kier alpha value is -1.97. The number of aromatic amines is 1. The number of hydrogen-bond acceptors (Lipinski definition) is 2. The van der Waals surface area contributed by atoms with E-state index < -0.39 is 0 Å². The van der Waals surface area contributed by atoms with E-state index in [2.05, 4.69) is 40.2 Å². The van der Waals surface area contributed by atoms with Gasteiger partial charge in [0.1, 0.15) is 12.4 Å². The highest BCUT2D eigenvalue weighted by Gasteiger charge is 2.23. The van der Waals surface area contributed by atoms with Crippen LogP contribution in [0.3, 0.4) is 0 Å². The van der Waals surface area contributed by atoms with E-state index in [0.29, 0.717) is 0 Å². The summed E-state index contributed by atoms with van der Waals surface area (Å²) in [4.78, 5) is 6.14.